The third-order valence-electron chi connectivity index (χ3n) is 5.94. The molecule has 0 radical (unpaired) electrons. The molecule has 1 aliphatic carbocycles. The van der Waals surface area contributed by atoms with Gasteiger partial charge < -0.3 is 15.0 Å². The predicted molar refractivity (Wildman–Crippen MR) is 130 cm³/mol. The lowest BCUT2D eigenvalue weighted by atomic mass is 10.1. The molecule has 1 atom stereocenters. The Bertz CT molecular complexity index is 894. The number of carbonyl (C=O) groups excluding carboxylic acids is 2. The van der Waals surface area contributed by atoms with Crippen LogP contribution in [-0.4, -0.2) is 35.4 Å². The number of rotatable bonds is 10. The molecule has 6 heteroatoms. The van der Waals surface area contributed by atoms with Crippen molar-refractivity contribution in [2.45, 2.75) is 71.0 Å². The fourth-order valence-corrected chi connectivity index (χ4v) is 4.44. The van der Waals surface area contributed by atoms with E-state index in [2.05, 4.69) is 21.2 Å². The average Bonchev–Trinajstić information content (AvgIpc) is 3.28. The number of halogens is 1. The van der Waals surface area contributed by atoms with Gasteiger partial charge in [0.15, 0.2) is 0 Å². The molecule has 1 aliphatic rings. The summed E-state index contributed by atoms with van der Waals surface area (Å²) < 4.78 is 6.72. The highest BCUT2D eigenvalue weighted by Gasteiger charge is 2.28. The van der Waals surface area contributed by atoms with Gasteiger partial charge in [0.2, 0.25) is 11.8 Å². The van der Waals surface area contributed by atoms with Gasteiger partial charge in [-0.15, -0.1) is 0 Å². The number of nitrogens with one attached hydrogen (secondary N) is 1. The standard InChI is InChI=1S/C26H33BrN2O3/c1-19-12-14-24(15-13-19)32-16-6-11-25(30)29(18-21-7-5-8-22(27)17-21)20(2)26(31)28-23-9-3-4-10-23/h5,7-8,12-15,17,20,23H,3-4,6,9-11,16,18H2,1-2H3,(H,28,31)/t20-/m0/s1. The predicted octanol–water partition coefficient (Wildman–Crippen LogP) is 5.39. The van der Waals surface area contributed by atoms with Gasteiger partial charge >= 0.3 is 0 Å². The van der Waals surface area contributed by atoms with E-state index in [-0.39, 0.29) is 17.9 Å². The van der Waals surface area contributed by atoms with Gasteiger partial charge in [-0.3, -0.25) is 9.59 Å². The molecule has 2 amide bonds. The van der Waals surface area contributed by atoms with Crippen LogP contribution in [0, 0.1) is 6.92 Å². The lowest BCUT2D eigenvalue weighted by Crippen LogP contribution is -2.49. The molecule has 2 aromatic carbocycles. The van der Waals surface area contributed by atoms with Crippen LogP contribution in [-0.2, 0) is 16.1 Å². The Balaban J connectivity index is 1.59. The van der Waals surface area contributed by atoms with Gasteiger partial charge in [0.25, 0.3) is 0 Å². The second-order valence-corrected chi connectivity index (χ2v) is 9.50. The van der Waals surface area contributed by atoms with Crippen molar-refractivity contribution < 1.29 is 14.3 Å². The zero-order valence-electron chi connectivity index (χ0n) is 19.0. The van der Waals surface area contributed by atoms with Crippen LogP contribution in [0.4, 0.5) is 0 Å². The number of ether oxygens (including phenoxy) is 1. The first-order valence-electron chi connectivity index (χ1n) is 11.5. The number of carbonyl (C=O) groups is 2. The minimum Gasteiger partial charge on any atom is -0.494 e. The number of aryl methyl sites for hydroxylation is 1. The second kappa shape index (κ2) is 12.0. The van der Waals surface area contributed by atoms with Gasteiger partial charge in [-0.25, -0.2) is 0 Å². The van der Waals surface area contributed by atoms with Crippen molar-refractivity contribution in [1.29, 1.82) is 0 Å². The van der Waals surface area contributed by atoms with Crippen molar-refractivity contribution in [2.24, 2.45) is 0 Å². The monoisotopic (exact) mass is 500 g/mol. The SMILES string of the molecule is Cc1ccc(OCCCC(=O)N(Cc2cccc(Br)c2)[C@@H](C)C(=O)NC2CCCC2)cc1. The number of nitrogens with zero attached hydrogens (tertiary/aromatic N) is 1. The fraction of sp³-hybridized carbons (Fsp3) is 0.462. The van der Waals surface area contributed by atoms with Gasteiger partial charge in [0.05, 0.1) is 6.61 Å². The minimum atomic E-state index is -0.528. The van der Waals surface area contributed by atoms with E-state index in [1.807, 2.05) is 62.4 Å². The topological polar surface area (TPSA) is 58.6 Å². The summed E-state index contributed by atoms with van der Waals surface area (Å²) in [7, 11) is 0. The van der Waals surface area contributed by atoms with Gasteiger partial charge in [0.1, 0.15) is 11.8 Å². The van der Waals surface area contributed by atoms with E-state index in [4.69, 9.17) is 4.74 Å². The Kier molecular flexibility index (Phi) is 9.15. The summed E-state index contributed by atoms with van der Waals surface area (Å²) >= 11 is 3.49. The quantitative estimate of drug-likeness (QED) is 0.444. The summed E-state index contributed by atoms with van der Waals surface area (Å²) in [5, 5.41) is 3.14. The number of benzene rings is 2. The molecule has 1 N–H and O–H groups in total. The van der Waals surface area contributed by atoms with E-state index >= 15 is 0 Å². The molecule has 0 bridgehead atoms. The maximum absolute atomic E-state index is 13.2. The van der Waals surface area contributed by atoms with Crippen LogP contribution in [0.2, 0.25) is 0 Å². The molecule has 0 spiro atoms. The molecule has 0 saturated heterocycles. The van der Waals surface area contributed by atoms with Crippen LogP contribution >= 0.6 is 15.9 Å². The first-order chi connectivity index (χ1) is 15.4. The molecule has 32 heavy (non-hydrogen) atoms. The smallest absolute Gasteiger partial charge is 0.242 e. The van der Waals surface area contributed by atoms with E-state index in [0.29, 0.717) is 26.0 Å². The van der Waals surface area contributed by atoms with Crippen LogP contribution in [0.5, 0.6) is 5.75 Å². The summed E-state index contributed by atoms with van der Waals surface area (Å²) in [5.41, 5.74) is 2.17. The van der Waals surface area contributed by atoms with Gasteiger partial charge in [0, 0.05) is 23.5 Å². The van der Waals surface area contributed by atoms with E-state index in [1.54, 1.807) is 4.90 Å². The first-order valence-corrected chi connectivity index (χ1v) is 12.3. The van der Waals surface area contributed by atoms with E-state index in [1.165, 1.54) is 5.56 Å². The molecular formula is C26H33BrN2O3. The molecule has 0 heterocycles. The van der Waals surface area contributed by atoms with Crippen LogP contribution in [0.3, 0.4) is 0 Å². The Hall–Kier alpha value is -2.34. The Morgan fingerprint density at radius 2 is 1.88 bits per heavy atom. The Labute approximate surface area is 199 Å². The van der Waals surface area contributed by atoms with Crippen molar-refractivity contribution in [3.05, 3.63) is 64.1 Å². The van der Waals surface area contributed by atoms with Crippen LogP contribution in [0.25, 0.3) is 0 Å². The van der Waals surface area contributed by atoms with Crippen molar-refractivity contribution in [1.82, 2.24) is 10.2 Å². The number of hydrogen-bond donors (Lipinski definition) is 1. The minimum absolute atomic E-state index is 0.0356. The Morgan fingerprint density at radius 1 is 1.16 bits per heavy atom. The normalized spacial score (nSPS) is 14.7. The Morgan fingerprint density at radius 3 is 2.56 bits per heavy atom. The highest BCUT2D eigenvalue weighted by atomic mass is 79.9. The molecule has 172 valence electrons. The van der Waals surface area contributed by atoms with Crippen molar-refractivity contribution in [3.63, 3.8) is 0 Å². The van der Waals surface area contributed by atoms with Crippen molar-refractivity contribution in [2.75, 3.05) is 6.61 Å². The summed E-state index contributed by atoms with van der Waals surface area (Å²) in [6, 6.07) is 15.5. The summed E-state index contributed by atoms with van der Waals surface area (Å²) in [4.78, 5) is 27.7. The molecule has 1 saturated carbocycles. The van der Waals surface area contributed by atoms with E-state index in [0.717, 1.165) is 41.5 Å². The van der Waals surface area contributed by atoms with Crippen LogP contribution in [0.15, 0.2) is 53.0 Å². The first kappa shape index (κ1) is 24.3. The highest BCUT2D eigenvalue weighted by Crippen LogP contribution is 2.20. The fourth-order valence-electron chi connectivity index (χ4n) is 4.00. The summed E-state index contributed by atoms with van der Waals surface area (Å²) in [6.07, 6.45) is 5.28. The van der Waals surface area contributed by atoms with Gasteiger partial charge in [-0.05, 0) is 62.9 Å². The zero-order chi connectivity index (χ0) is 22.9. The lowest BCUT2D eigenvalue weighted by molar-refractivity contribution is -0.141. The largest absolute Gasteiger partial charge is 0.494 e. The van der Waals surface area contributed by atoms with E-state index in [9.17, 15) is 9.59 Å². The molecule has 0 unspecified atom stereocenters. The summed E-state index contributed by atoms with van der Waals surface area (Å²) in [6.45, 7) is 4.72. The average molecular weight is 501 g/mol. The summed E-state index contributed by atoms with van der Waals surface area (Å²) in [5.74, 6) is 0.695. The van der Waals surface area contributed by atoms with Crippen LogP contribution in [0.1, 0.15) is 56.6 Å². The molecule has 3 rings (SSSR count). The lowest BCUT2D eigenvalue weighted by Gasteiger charge is -2.30. The second-order valence-electron chi connectivity index (χ2n) is 8.58. The van der Waals surface area contributed by atoms with Crippen molar-refractivity contribution >= 4 is 27.7 Å². The third kappa shape index (κ3) is 7.37. The maximum atomic E-state index is 13.2. The molecule has 0 aromatic heterocycles. The number of hydrogen-bond acceptors (Lipinski definition) is 3. The third-order valence-corrected chi connectivity index (χ3v) is 6.43. The number of amides is 2. The molecule has 2 aromatic rings. The highest BCUT2D eigenvalue weighted by molar-refractivity contribution is 9.10. The molecule has 0 aliphatic heterocycles. The van der Waals surface area contributed by atoms with Crippen molar-refractivity contribution in [3.8, 4) is 5.75 Å². The molecule has 5 nitrogen and oxygen atoms in total. The zero-order valence-corrected chi connectivity index (χ0v) is 20.6. The van der Waals surface area contributed by atoms with E-state index < -0.39 is 6.04 Å². The van der Waals surface area contributed by atoms with Crippen LogP contribution < -0.4 is 10.1 Å². The van der Waals surface area contributed by atoms with Gasteiger partial charge in [-0.1, -0.05) is 58.6 Å². The maximum Gasteiger partial charge on any atom is 0.242 e. The van der Waals surface area contributed by atoms with Gasteiger partial charge in [-0.2, -0.15) is 0 Å². The molecular weight excluding hydrogens is 468 g/mol. The molecule has 1 fully saturated rings.